The minimum atomic E-state index is -4.60. The van der Waals surface area contributed by atoms with Crippen molar-refractivity contribution in [3.8, 4) is 16.9 Å². The normalized spacial score (nSPS) is 13.3. The Bertz CT molecular complexity index is 2150. The van der Waals surface area contributed by atoms with E-state index in [0.717, 1.165) is 33.4 Å². The first-order valence-electron chi connectivity index (χ1n) is 17.1. The standard InChI is InChI=1S/C38H39N7O6S2/c1-2-51-30-12-8-11-28(24-30)32-15-7-6-10-29(32)27-43-19-21-44(22-20-43)36-25-34(39-18-23-52-31-13-4-3-5-14-31)35(45(47)48)26-37(36)53(49,50)42-38(46)33-16-9-17-40-41-33/h3-17,24-26,39H,2,18-23,27H2,1H3,(H,42,46). The van der Waals surface area contributed by atoms with Crippen LogP contribution in [-0.4, -0.2) is 79.4 Å². The fourth-order valence-electron chi connectivity index (χ4n) is 6.08. The number of rotatable bonds is 15. The van der Waals surface area contributed by atoms with Crippen LogP contribution in [0.25, 0.3) is 11.1 Å². The number of nitro groups is 1. The number of nitrogens with one attached hydrogen (secondary N) is 2. The van der Waals surface area contributed by atoms with Crippen LogP contribution in [0.15, 0.2) is 119 Å². The van der Waals surface area contributed by atoms with Crippen LogP contribution in [0.4, 0.5) is 17.1 Å². The second-order valence-corrected chi connectivity index (χ2v) is 14.9. The molecule has 53 heavy (non-hydrogen) atoms. The van der Waals surface area contributed by atoms with Crippen LogP contribution in [0, 0.1) is 10.1 Å². The van der Waals surface area contributed by atoms with Gasteiger partial charge in [0, 0.05) is 62.2 Å². The number of sulfonamides is 1. The molecule has 4 aromatic carbocycles. The molecule has 15 heteroatoms. The molecule has 0 saturated carbocycles. The molecule has 0 bridgehead atoms. The summed E-state index contributed by atoms with van der Waals surface area (Å²) in [6, 6.07) is 31.3. The summed E-state index contributed by atoms with van der Waals surface area (Å²) in [7, 11) is -4.60. The van der Waals surface area contributed by atoms with Crippen LogP contribution in [0.5, 0.6) is 5.75 Å². The molecule has 0 atom stereocenters. The van der Waals surface area contributed by atoms with E-state index in [0.29, 0.717) is 51.6 Å². The van der Waals surface area contributed by atoms with Gasteiger partial charge in [-0.1, -0.05) is 54.6 Å². The molecule has 1 aromatic heterocycles. The molecule has 0 unspecified atom stereocenters. The Morgan fingerprint density at radius 3 is 2.45 bits per heavy atom. The average molecular weight is 754 g/mol. The first kappa shape index (κ1) is 37.3. The lowest BCUT2D eigenvalue weighted by Gasteiger charge is -2.37. The van der Waals surface area contributed by atoms with Crippen LogP contribution < -0.4 is 19.7 Å². The van der Waals surface area contributed by atoms with Gasteiger partial charge in [0.05, 0.1) is 17.2 Å². The van der Waals surface area contributed by atoms with Crippen LogP contribution in [0.1, 0.15) is 23.0 Å². The van der Waals surface area contributed by atoms with Gasteiger partial charge in [0.2, 0.25) is 0 Å². The molecule has 0 spiro atoms. The van der Waals surface area contributed by atoms with Gasteiger partial charge in [-0.2, -0.15) is 5.10 Å². The average Bonchev–Trinajstić information content (AvgIpc) is 3.17. The van der Waals surface area contributed by atoms with Crippen molar-refractivity contribution in [3.05, 3.63) is 131 Å². The quantitative estimate of drug-likeness (QED) is 0.0549. The van der Waals surface area contributed by atoms with Crippen LogP contribution in [0.3, 0.4) is 0 Å². The molecule has 6 rings (SSSR count). The van der Waals surface area contributed by atoms with E-state index in [-0.39, 0.29) is 22.0 Å². The molecule has 274 valence electrons. The highest BCUT2D eigenvalue weighted by molar-refractivity contribution is 7.99. The number of amides is 1. The molecule has 1 saturated heterocycles. The first-order chi connectivity index (χ1) is 25.7. The summed E-state index contributed by atoms with van der Waals surface area (Å²) < 4.78 is 35.5. The molecular weight excluding hydrogens is 715 g/mol. The Morgan fingerprint density at radius 1 is 0.943 bits per heavy atom. The number of carbonyl (C=O) groups excluding carboxylic acids is 1. The van der Waals surface area contributed by atoms with E-state index in [1.807, 2.05) is 77.2 Å². The van der Waals surface area contributed by atoms with Crippen molar-refractivity contribution in [1.82, 2.24) is 19.8 Å². The van der Waals surface area contributed by atoms with E-state index < -0.39 is 26.5 Å². The largest absolute Gasteiger partial charge is 0.494 e. The molecule has 0 aliphatic carbocycles. The summed E-state index contributed by atoms with van der Waals surface area (Å²) in [4.78, 5) is 29.5. The summed E-state index contributed by atoms with van der Waals surface area (Å²) in [5.41, 5.74) is 3.09. The Hall–Kier alpha value is -5.51. The molecule has 2 N–H and O–H groups in total. The van der Waals surface area contributed by atoms with Crippen molar-refractivity contribution in [3.63, 3.8) is 0 Å². The predicted octanol–water partition coefficient (Wildman–Crippen LogP) is 6.10. The fourth-order valence-corrected chi connectivity index (χ4v) is 8.06. The van der Waals surface area contributed by atoms with Gasteiger partial charge in [0.25, 0.3) is 21.6 Å². The lowest BCUT2D eigenvalue weighted by Crippen LogP contribution is -2.46. The van der Waals surface area contributed by atoms with Crippen molar-refractivity contribution in [2.45, 2.75) is 23.3 Å². The van der Waals surface area contributed by atoms with E-state index >= 15 is 0 Å². The van der Waals surface area contributed by atoms with Crippen molar-refractivity contribution in [2.75, 3.05) is 55.3 Å². The zero-order chi connectivity index (χ0) is 37.2. The van der Waals surface area contributed by atoms with Crippen LogP contribution >= 0.6 is 11.8 Å². The number of hydrogen-bond donors (Lipinski definition) is 2. The van der Waals surface area contributed by atoms with Gasteiger partial charge in [0.15, 0.2) is 5.69 Å². The predicted molar refractivity (Wildman–Crippen MR) is 206 cm³/mol. The molecule has 1 aliphatic heterocycles. The van der Waals surface area contributed by atoms with Gasteiger partial charge in [-0.3, -0.25) is 19.8 Å². The number of thioether (sulfide) groups is 1. The minimum absolute atomic E-state index is 0.184. The summed E-state index contributed by atoms with van der Waals surface area (Å²) in [6.45, 7) is 5.62. The summed E-state index contributed by atoms with van der Waals surface area (Å²) in [6.07, 6.45) is 1.36. The van der Waals surface area contributed by atoms with E-state index in [1.165, 1.54) is 24.4 Å². The van der Waals surface area contributed by atoms with Gasteiger partial charge in [-0.05, 0) is 66.1 Å². The maximum Gasteiger partial charge on any atom is 0.293 e. The smallest absolute Gasteiger partial charge is 0.293 e. The Morgan fingerprint density at radius 2 is 1.72 bits per heavy atom. The number of carbonyl (C=O) groups is 1. The number of nitro benzene ring substituents is 1. The van der Waals surface area contributed by atoms with E-state index in [1.54, 1.807) is 11.8 Å². The highest BCUT2D eigenvalue weighted by Crippen LogP contribution is 2.37. The second-order valence-electron chi connectivity index (χ2n) is 12.1. The molecule has 1 amide bonds. The van der Waals surface area contributed by atoms with Crippen molar-refractivity contribution in [1.29, 1.82) is 0 Å². The van der Waals surface area contributed by atoms with Gasteiger partial charge < -0.3 is 15.0 Å². The summed E-state index contributed by atoms with van der Waals surface area (Å²) in [5.74, 6) is 0.418. The number of anilines is 2. The zero-order valence-electron chi connectivity index (χ0n) is 29.1. The molecule has 0 radical (unpaired) electrons. The Kier molecular flexibility index (Phi) is 12.2. The molecule has 1 aliphatic rings. The SMILES string of the molecule is CCOc1cccc(-c2ccccc2CN2CCN(c3cc(NCCSc4ccccc4)c([N+](=O)[O-])cc3S(=O)(=O)NC(=O)c3cccnn3)CC2)c1. The van der Waals surface area contributed by atoms with Gasteiger partial charge in [-0.25, -0.2) is 13.1 Å². The number of benzene rings is 4. The number of nitrogens with zero attached hydrogens (tertiary/aromatic N) is 5. The fraction of sp³-hybridized carbons (Fsp3) is 0.237. The lowest BCUT2D eigenvalue weighted by molar-refractivity contribution is -0.384. The molecule has 2 heterocycles. The third-order valence-corrected chi connectivity index (χ3v) is 11.0. The van der Waals surface area contributed by atoms with Gasteiger partial charge in [-0.15, -0.1) is 16.9 Å². The Balaban J connectivity index is 1.25. The van der Waals surface area contributed by atoms with Crippen molar-refractivity contribution in [2.24, 2.45) is 0 Å². The number of piperazine rings is 1. The van der Waals surface area contributed by atoms with Gasteiger partial charge in [0.1, 0.15) is 16.3 Å². The molecule has 1 fully saturated rings. The molecular formula is C38H39N7O6S2. The molecule has 5 aromatic rings. The third kappa shape index (κ3) is 9.49. The topological polar surface area (TPSA) is 160 Å². The lowest BCUT2D eigenvalue weighted by atomic mass is 9.99. The Labute approximate surface area is 312 Å². The zero-order valence-corrected chi connectivity index (χ0v) is 30.7. The van der Waals surface area contributed by atoms with E-state index in [9.17, 15) is 23.3 Å². The van der Waals surface area contributed by atoms with E-state index in [4.69, 9.17) is 4.74 Å². The van der Waals surface area contributed by atoms with Crippen molar-refractivity contribution >= 4 is 44.8 Å². The summed E-state index contributed by atoms with van der Waals surface area (Å²) in [5, 5.41) is 22.8. The number of ether oxygens (including phenoxy) is 1. The van der Waals surface area contributed by atoms with Crippen molar-refractivity contribution < 1.29 is 22.9 Å². The third-order valence-electron chi connectivity index (χ3n) is 8.61. The van der Waals surface area contributed by atoms with E-state index in [2.05, 4.69) is 38.6 Å². The number of aromatic nitrogens is 2. The second kappa shape index (κ2) is 17.3. The molecule has 13 nitrogen and oxygen atoms in total. The summed E-state index contributed by atoms with van der Waals surface area (Å²) >= 11 is 1.59. The van der Waals surface area contributed by atoms with Crippen LogP contribution in [-0.2, 0) is 16.6 Å². The maximum atomic E-state index is 13.9. The highest BCUT2D eigenvalue weighted by atomic mass is 32.2. The minimum Gasteiger partial charge on any atom is -0.494 e. The van der Waals surface area contributed by atoms with Gasteiger partial charge >= 0.3 is 0 Å². The maximum absolute atomic E-state index is 13.9. The monoisotopic (exact) mass is 753 g/mol. The van der Waals surface area contributed by atoms with Crippen LogP contribution in [0.2, 0.25) is 0 Å². The highest BCUT2D eigenvalue weighted by Gasteiger charge is 2.31. The first-order valence-corrected chi connectivity index (χ1v) is 19.6. The number of hydrogen-bond acceptors (Lipinski definition) is 12.